The molecule has 0 fully saturated rings. The molecule has 0 saturated carbocycles. The minimum Gasteiger partial charge on any atom is -0.496 e. The van der Waals surface area contributed by atoms with Crippen LogP contribution in [0.3, 0.4) is 0 Å². The number of thioether (sulfide) groups is 1. The van der Waals surface area contributed by atoms with E-state index < -0.39 is 0 Å². The average molecular weight is 350 g/mol. The predicted molar refractivity (Wildman–Crippen MR) is 91.3 cm³/mol. The molecule has 1 aromatic carbocycles. The highest BCUT2D eigenvalue weighted by molar-refractivity contribution is 8.00. The van der Waals surface area contributed by atoms with Gasteiger partial charge in [0, 0.05) is 5.56 Å². The van der Waals surface area contributed by atoms with E-state index in [-0.39, 0.29) is 11.2 Å². The van der Waals surface area contributed by atoms with Crippen LogP contribution in [0.25, 0.3) is 0 Å². The second-order valence-electron chi connectivity index (χ2n) is 5.22. The van der Waals surface area contributed by atoms with Crippen molar-refractivity contribution >= 4 is 17.7 Å². The number of hydrogen-bond acceptors (Lipinski definition) is 7. The van der Waals surface area contributed by atoms with Gasteiger partial charge in [0.25, 0.3) is 5.22 Å². The first-order valence-corrected chi connectivity index (χ1v) is 8.74. The molecule has 0 spiro atoms. The number of methoxy groups -OCH3 is 2. The van der Waals surface area contributed by atoms with Crippen molar-refractivity contribution in [3.8, 4) is 5.75 Å². The topological polar surface area (TPSA) is 74.5 Å². The van der Waals surface area contributed by atoms with E-state index in [0.29, 0.717) is 17.5 Å². The molecule has 0 N–H and O–H groups in total. The van der Waals surface area contributed by atoms with Gasteiger partial charge < -0.3 is 13.9 Å². The lowest BCUT2D eigenvalue weighted by atomic mass is 10.1. The van der Waals surface area contributed by atoms with E-state index in [1.807, 2.05) is 24.3 Å². The minimum atomic E-state index is -0.325. The van der Waals surface area contributed by atoms with Crippen molar-refractivity contribution in [2.75, 3.05) is 14.2 Å². The molecule has 7 heteroatoms. The van der Waals surface area contributed by atoms with Crippen molar-refractivity contribution in [3.63, 3.8) is 0 Å². The Morgan fingerprint density at radius 2 is 2.08 bits per heavy atom. The van der Waals surface area contributed by atoms with Crippen LogP contribution in [-0.4, -0.2) is 35.6 Å². The molecule has 0 aliphatic heterocycles. The highest BCUT2D eigenvalue weighted by Gasteiger charge is 2.23. The largest absolute Gasteiger partial charge is 0.496 e. The summed E-state index contributed by atoms with van der Waals surface area (Å²) >= 11 is 1.26. The van der Waals surface area contributed by atoms with E-state index in [4.69, 9.17) is 13.9 Å². The summed E-state index contributed by atoms with van der Waals surface area (Å²) in [7, 11) is 3.02. The Morgan fingerprint density at radius 3 is 2.79 bits per heavy atom. The third-order valence-corrected chi connectivity index (χ3v) is 4.59. The number of carbonyl (C=O) groups is 1. The molecule has 2 aromatic rings. The lowest BCUT2D eigenvalue weighted by Gasteiger charge is -2.10. The number of unbranched alkanes of at least 4 members (excludes halogenated alkanes) is 1. The summed E-state index contributed by atoms with van der Waals surface area (Å²) in [5.74, 6) is 0.999. The van der Waals surface area contributed by atoms with Crippen molar-refractivity contribution in [3.05, 3.63) is 35.7 Å². The molecule has 24 heavy (non-hydrogen) atoms. The van der Waals surface area contributed by atoms with Crippen molar-refractivity contribution in [1.29, 1.82) is 0 Å². The summed E-state index contributed by atoms with van der Waals surface area (Å²) in [6, 6.07) is 7.68. The minimum absolute atomic E-state index is 0.266. The van der Waals surface area contributed by atoms with Crippen LogP contribution >= 0.6 is 11.8 Å². The van der Waals surface area contributed by atoms with Crippen LogP contribution in [-0.2, 0) is 16.0 Å². The molecule has 0 aliphatic rings. The summed E-state index contributed by atoms with van der Waals surface area (Å²) < 4.78 is 15.8. The maximum absolute atomic E-state index is 11.9. The van der Waals surface area contributed by atoms with Gasteiger partial charge in [0.15, 0.2) is 0 Å². The Bertz CT molecular complexity index is 660. The first-order valence-electron chi connectivity index (χ1n) is 7.86. The second kappa shape index (κ2) is 9.32. The lowest BCUT2D eigenvalue weighted by Crippen LogP contribution is -2.18. The highest BCUT2D eigenvalue weighted by atomic mass is 32.2. The molecule has 0 saturated heterocycles. The van der Waals surface area contributed by atoms with E-state index in [2.05, 4.69) is 17.1 Å². The first-order chi connectivity index (χ1) is 11.7. The van der Waals surface area contributed by atoms with E-state index in [1.165, 1.54) is 18.9 Å². The van der Waals surface area contributed by atoms with Crippen LogP contribution in [0.2, 0.25) is 0 Å². The summed E-state index contributed by atoms with van der Waals surface area (Å²) in [6.45, 7) is 2.08. The van der Waals surface area contributed by atoms with Gasteiger partial charge in [-0.1, -0.05) is 49.7 Å². The zero-order valence-corrected chi connectivity index (χ0v) is 15.0. The summed E-state index contributed by atoms with van der Waals surface area (Å²) in [4.78, 5) is 11.9. The van der Waals surface area contributed by atoms with Crippen molar-refractivity contribution in [2.24, 2.45) is 0 Å². The molecule has 0 aliphatic carbocycles. The van der Waals surface area contributed by atoms with Gasteiger partial charge in [-0.05, 0) is 12.5 Å². The predicted octanol–water partition coefficient (Wildman–Crippen LogP) is 3.49. The normalized spacial score (nSPS) is 12.0. The maximum atomic E-state index is 11.9. The van der Waals surface area contributed by atoms with Crippen molar-refractivity contribution in [1.82, 2.24) is 10.2 Å². The number of rotatable bonds is 9. The van der Waals surface area contributed by atoms with Crippen LogP contribution < -0.4 is 4.74 Å². The quantitative estimate of drug-likeness (QED) is 0.506. The molecular formula is C17H22N2O4S. The Balaban J connectivity index is 2.04. The van der Waals surface area contributed by atoms with Crippen LogP contribution in [0.4, 0.5) is 0 Å². The number of para-hydroxylation sites is 1. The summed E-state index contributed by atoms with van der Waals surface area (Å²) in [5.41, 5.74) is 0.968. The third kappa shape index (κ3) is 4.99. The number of esters is 1. The SMILES string of the molecule is CCCCC(Sc1nnc(Cc2ccccc2OC)o1)C(=O)OC. The number of carbonyl (C=O) groups excluding carboxylic acids is 1. The molecule has 0 amide bonds. The van der Waals surface area contributed by atoms with Gasteiger partial charge in [-0.2, -0.15) is 0 Å². The van der Waals surface area contributed by atoms with Gasteiger partial charge in [-0.25, -0.2) is 0 Å². The fourth-order valence-corrected chi connectivity index (χ4v) is 3.19. The smallest absolute Gasteiger partial charge is 0.319 e. The van der Waals surface area contributed by atoms with Gasteiger partial charge >= 0.3 is 5.97 Å². The zero-order chi connectivity index (χ0) is 17.4. The van der Waals surface area contributed by atoms with Crippen molar-refractivity contribution < 1.29 is 18.7 Å². The Kier molecular flexibility index (Phi) is 7.11. The fraction of sp³-hybridized carbons (Fsp3) is 0.471. The summed E-state index contributed by atoms with van der Waals surface area (Å²) in [6.07, 6.45) is 3.15. The number of hydrogen-bond donors (Lipinski definition) is 0. The van der Waals surface area contributed by atoms with Crippen molar-refractivity contribution in [2.45, 2.75) is 43.1 Å². The standard InChI is InChI=1S/C17H22N2O4S/c1-4-5-10-14(16(20)22-3)24-17-19-18-15(23-17)11-12-8-6-7-9-13(12)21-2/h6-9,14H,4-5,10-11H2,1-3H3. The molecule has 1 unspecified atom stereocenters. The molecule has 1 heterocycles. The summed E-state index contributed by atoms with van der Waals surface area (Å²) in [5, 5.41) is 8.15. The van der Waals surface area contributed by atoms with Crippen LogP contribution in [0.5, 0.6) is 5.75 Å². The number of benzene rings is 1. The zero-order valence-electron chi connectivity index (χ0n) is 14.2. The van der Waals surface area contributed by atoms with Gasteiger partial charge in [-0.15, -0.1) is 10.2 Å². The number of ether oxygens (including phenoxy) is 2. The molecule has 130 valence electrons. The molecule has 6 nitrogen and oxygen atoms in total. The molecule has 0 radical (unpaired) electrons. The Hall–Kier alpha value is -2.02. The fourth-order valence-electron chi connectivity index (χ4n) is 2.24. The van der Waals surface area contributed by atoms with Gasteiger partial charge in [0.05, 0.1) is 20.6 Å². The number of nitrogens with zero attached hydrogens (tertiary/aromatic N) is 2. The molecule has 1 aromatic heterocycles. The lowest BCUT2D eigenvalue weighted by molar-refractivity contribution is -0.140. The van der Waals surface area contributed by atoms with Crippen LogP contribution in [0, 0.1) is 0 Å². The second-order valence-corrected chi connectivity index (χ2v) is 6.38. The maximum Gasteiger partial charge on any atom is 0.319 e. The Labute approximate surface area is 145 Å². The Morgan fingerprint density at radius 1 is 1.29 bits per heavy atom. The van der Waals surface area contributed by atoms with E-state index in [9.17, 15) is 4.79 Å². The third-order valence-electron chi connectivity index (χ3n) is 3.51. The molecule has 0 bridgehead atoms. The number of aromatic nitrogens is 2. The molecule has 1 atom stereocenters. The van der Waals surface area contributed by atoms with Gasteiger partial charge in [0.2, 0.25) is 5.89 Å². The van der Waals surface area contributed by atoms with E-state index >= 15 is 0 Å². The molecular weight excluding hydrogens is 328 g/mol. The van der Waals surface area contributed by atoms with Crippen LogP contribution in [0.15, 0.2) is 33.9 Å². The average Bonchev–Trinajstić information content (AvgIpc) is 3.05. The van der Waals surface area contributed by atoms with E-state index in [1.54, 1.807) is 7.11 Å². The van der Waals surface area contributed by atoms with E-state index in [0.717, 1.165) is 30.6 Å². The van der Waals surface area contributed by atoms with Crippen LogP contribution in [0.1, 0.15) is 37.6 Å². The monoisotopic (exact) mass is 350 g/mol. The van der Waals surface area contributed by atoms with Gasteiger partial charge in [-0.3, -0.25) is 4.79 Å². The van der Waals surface area contributed by atoms with Gasteiger partial charge in [0.1, 0.15) is 11.0 Å². The first kappa shape index (κ1) is 18.3. The highest BCUT2D eigenvalue weighted by Crippen LogP contribution is 2.28. The molecule has 2 rings (SSSR count).